The van der Waals surface area contributed by atoms with Gasteiger partial charge in [-0.3, -0.25) is 0 Å². The van der Waals surface area contributed by atoms with E-state index in [0.717, 1.165) is 31.9 Å². The maximum Gasteiger partial charge on any atom is 0.130 e. The van der Waals surface area contributed by atoms with Crippen molar-refractivity contribution in [3.05, 3.63) is 34.9 Å². The molecule has 0 spiro atoms. The Kier molecular flexibility index (Phi) is 5.56. The van der Waals surface area contributed by atoms with Crippen LogP contribution in [0.25, 0.3) is 0 Å². The largest absolute Gasteiger partial charge is 0.310 e. The third-order valence-corrected chi connectivity index (χ3v) is 2.95. The molecule has 0 aliphatic carbocycles. The molecule has 0 fully saturated rings. The van der Waals surface area contributed by atoms with Crippen molar-refractivity contribution in [2.75, 3.05) is 6.54 Å². The number of hydrogen-bond acceptors (Lipinski definition) is 1. The van der Waals surface area contributed by atoms with Crippen molar-refractivity contribution >= 4 is 0 Å². The zero-order valence-corrected chi connectivity index (χ0v) is 10.8. The molecule has 96 valence electrons. The van der Waals surface area contributed by atoms with E-state index in [1.54, 1.807) is 13.0 Å². The molecule has 1 aromatic rings. The molecule has 1 atom stereocenters. The Morgan fingerprint density at radius 3 is 2.47 bits per heavy atom. The molecule has 3 heteroatoms. The molecule has 1 unspecified atom stereocenters. The molecule has 0 aliphatic rings. The fourth-order valence-electron chi connectivity index (χ4n) is 1.97. The van der Waals surface area contributed by atoms with Gasteiger partial charge in [0.2, 0.25) is 0 Å². The highest BCUT2D eigenvalue weighted by molar-refractivity contribution is 5.28. The molecule has 1 aromatic carbocycles. The minimum Gasteiger partial charge on any atom is -0.310 e. The number of unbranched alkanes of at least 4 members (excludes halogenated alkanes) is 1. The van der Waals surface area contributed by atoms with Crippen molar-refractivity contribution in [3.8, 4) is 0 Å². The predicted molar refractivity (Wildman–Crippen MR) is 67.0 cm³/mol. The average Bonchev–Trinajstić information content (AvgIpc) is 2.29. The van der Waals surface area contributed by atoms with Crippen molar-refractivity contribution < 1.29 is 8.78 Å². The van der Waals surface area contributed by atoms with Crippen LogP contribution in [-0.2, 0) is 0 Å². The van der Waals surface area contributed by atoms with Crippen LogP contribution in [0.4, 0.5) is 8.78 Å². The van der Waals surface area contributed by atoms with E-state index in [1.165, 1.54) is 0 Å². The fourth-order valence-corrected chi connectivity index (χ4v) is 1.97. The maximum atomic E-state index is 13.8. The highest BCUT2D eigenvalue weighted by Crippen LogP contribution is 2.24. The van der Waals surface area contributed by atoms with Gasteiger partial charge in [-0.15, -0.1) is 0 Å². The first-order chi connectivity index (χ1) is 8.10. The van der Waals surface area contributed by atoms with Gasteiger partial charge in [0, 0.05) is 17.7 Å². The molecule has 0 saturated heterocycles. The Bertz CT molecular complexity index is 363. The van der Waals surface area contributed by atoms with Gasteiger partial charge in [0.25, 0.3) is 0 Å². The van der Waals surface area contributed by atoms with Gasteiger partial charge in [-0.25, -0.2) is 8.78 Å². The topological polar surface area (TPSA) is 12.0 Å². The molecule has 1 N–H and O–H groups in total. The molecular formula is C14H21F2N. The van der Waals surface area contributed by atoms with E-state index in [0.29, 0.717) is 11.1 Å². The molecule has 17 heavy (non-hydrogen) atoms. The Labute approximate surface area is 102 Å². The summed E-state index contributed by atoms with van der Waals surface area (Å²) in [5.41, 5.74) is 1.08. The van der Waals surface area contributed by atoms with Gasteiger partial charge in [0.05, 0.1) is 0 Å². The number of halogens is 2. The Morgan fingerprint density at radius 2 is 1.88 bits per heavy atom. The summed E-state index contributed by atoms with van der Waals surface area (Å²) in [4.78, 5) is 0. The third-order valence-electron chi connectivity index (χ3n) is 2.95. The summed E-state index contributed by atoms with van der Waals surface area (Å²) < 4.78 is 27.0. The minimum absolute atomic E-state index is 0.0146. The zero-order valence-electron chi connectivity index (χ0n) is 10.8. The van der Waals surface area contributed by atoms with Gasteiger partial charge < -0.3 is 5.32 Å². The molecule has 0 aliphatic heterocycles. The van der Waals surface area contributed by atoms with E-state index in [1.807, 2.05) is 6.92 Å². The molecule has 0 bridgehead atoms. The number of aryl methyl sites for hydroxylation is 1. The van der Waals surface area contributed by atoms with E-state index >= 15 is 0 Å². The summed E-state index contributed by atoms with van der Waals surface area (Å²) in [6, 6.07) is 2.59. The molecule has 0 amide bonds. The van der Waals surface area contributed by atoms with Crippen LogP contribution in [0.2, 0.25) is 0 Å². The Morgan fingerprint density at radius 1 is 1.18 bits per heavy atom. The van der Waals surface area contributed by atoms with Crippen LogP contribution in [-0.4, -0.2) is 6.54 Å². The standard InChI is InChI=1S/C14H21F2N/c1-4-6-7-14(17-5-2)11-8-10(3)12(15)9-13(11)16/h8-9,14,17H,4-7H2,1-3H3. The first kappa shape index (κ1) is 14.1. The lowest BCUT2D eigenvalue weighted by atomic mass is 9.98. The summed E-state index contributed by atoms with van der Waals surface area (Å²) >= 11 is 0. The first-order valence-corrected chi connectivity index (χ1v) is 6.29. The van der Waals surface area contributed by atoms with Gasteiger partial charge in [-0.1, -0.05) is 26.7 Å². The Hall–Kier alpha value is -0.960. The summed E-state index contributed by atoms with van der Waals surface area (Å²) in [7, 11) is 0. The van der Waals surface area contributed by atoms with Crippen molar-refractivity contribution in [3.63, 3.8) is 0 Å². The van der Waals surface area contributed by atoms with Gasteiger partial charge in [0.15, 0.2) is 0 Å². The van der Waals surface area contributed by atoms with Crippen LogP contribution >= 0.6 is 0 Å². The molecule has 0 heterocycles. The maximum absolute atomic E-state index is 13.8. The molecular weight excluding hydrogens is 220 g/mol. The average molecular weight is 241 g/mol. The zero-order chi connectivity index (χ0) is 12.8. The van der Waals surface area contributed by atoms with Crippen LogP contribution in [0.5, 0.6) is 0 Å². The fraction of sp³-hybridized carbons (Fsp3) is 0.571. The lowest BCUT2D eigenvalue weighted by Gasteiger charge is -2.19. The van der Waals surface area contributed by atoms with Gasteiger partial charge in [-0.2, -0.15) is 0 Å². The van der Waals surface area contributed by atoms with Crippen LogP contribution in [0.1, 0.15) is 50.3 Å². The molecule has 0 saturated carbocycles. The normalized spacial score (nSPS) is 12.8. The molecule has 1 rings (SSSR count). The van der Waals surface area contributed by atoms with E-state index < -0.39 is 11.6 Å². The summed E-state index contributed by atoms with van der Waals surface area (Å²) in [6.45, 7) is 6.55. The quantitative estimate of drug-likeness (QED) is 0.790. The highest BCUT2D eigenvalue weighted by Gasteiger charge is 2.16. The number of rotatable bonds is 6. The molecule has 0 aromatic heterocycles. The number of hydrogen-bond donors (Lipinski definition) is 1. The number of benzene rings is 1. The summed E-state index contributed by atoms with van der Waals surface area (Å²) in [6.07, 6.45) is 2.99. The predicted octanol–water partition coefficient (Wildman–Crippen LogP) is 4.11. The van der Waals surface area contributed by atoms with Crippen molar-refractivity contribution in [1.29, 1.82) is 0 Å². The molecule has 0 radical (unpaired) electrons. The SMILES string of the molecule is CCCCC(NCC)c1cc(C)c(F)cc1F. The van der Waals surface area contributed by atoms with Crippen molar-refractivity contribution in [1.82, 2.24) is 5.32 Å². The van der Waals surface area contributed by atoms with Crippen LogP contribution in [0.15, 0.2) is 12.1 Å². The van der Waals surface area contributed by atoms with Crippen LogP contribution in [0, 0.1) is 18.6 Å². The van der Waals surface area contributed by atoms with Gasteiger partial charge >= 0.3 is 0 Å². The smallest absolute Gasteiger partial charge is 0.130 e. The minimum atomic E-state index is -0.475. The van der Waals surface area contributed by atoms with E-state index in [9.17, 15) is 8.78 Å². The third kappa shape index (κ3) is 3.77. The van der Waals surface area contributed by atoms with Gasteiger partial charge in [-0.05, 0) is 31.5 Å². The summed E-state index contributed by atoms with van der Waals surface area (Å²) in [5, 5.41) is 3.26. The van der Waals surface area contributed by atoms with Crippen LogP contribution in [0.3, 0.4) is 0 Å². The lowest BCUT2D eigenvalue weighted by molar-refractivity contribution is 0.465. The van der Waals surface area contributed by atoms with E-state index in [2.05, 4.69) is 12.2 Å². The van der Waals surface area contributed by atoms with Crippen molar-refractivity contribution in [2.45, 2.75) is 46.1 Å². The highest BCUT2D eigenvalue weighted by atomic mass is 19.1. The number of nitrogens with one attached hydrogen (secondary N) is 1. The first-order valence-electron chi connectivity index (χ1n) is 6.29. The second kappa shape index (κ2) is 6.70. The Balaban J connectivity index is 2.96. The van der Waals surface area contributed by atoms with Crippen molar-refractivity contribution in [2.24, 2.45) is 0 Å². The van der Waals surface area contributed by atoms with E-state index in [4.69, 9.17) is 0 Å². The molecule has 1 nitrogen and oxygen atoms in total. The monoisotopic (exact) mass is 241 g/mol. The second-order valence-corrected chi connectivity index (χ2v) is 4.38. The van der Waals surface area contributed by atoms with Gasteiger partial charge in [0.1, 0.15) is 11.6 Å². The van der Waals surface area contributed by atoms with E-state index in [-0.39, 0.29) is 6.04 Å². The van der Waals surface area contributed by atoms with Crippen LogP contribution < -0.4 is 5.32 Å². The summed E-state index contributed by atoms with van der Waals surface area (Å²) in [5.74, 6) is -0.924. The lowest BCUT2D eigenvalue weighted by Crippen LogP contribution is -2.22. The second-order valence-electron chi connectivity index (χ2n) is 4.38.